The van der Waals surface area contributed by atoms with Gasteiger partial charge in [0.25, 0.3) is 5.91 Å². The van der Waals surface area contributed by atoms with Crippen LogP contribution in [0.3, 0.4) is 0 Å². The highest BCUT2D eigenvalue weighted by atomic mass is 32.2. The average Bonchev–Trinajstić information content (AvgIpc) is 3.30. The molecule has 3 aromatic rings. The summed E-state index contributed by atoms with van der Waals surface area (Å²) in [5.74, 6) is -1.85. The first-order valence-electron chi connectivity index (χ1n) is 11.6. The number of likely N-dealkylation sites (N-methyl/N-ethyl adjacent to an activating group) is 1. The number of nitrogens with one attached hydrogen (secondary N) is 1. The number of nitrogen functional groups attached to an aromatic ring is 1. The Morgan fingerprint density at radius 2 is 1.86 bits per heavy atom. The molecule has 4 N–H and O–H groups in total. The van der Waals surface area contributed by atoms with Crippen molar-refractivity contribution < 1.29 is 23.1 Å². The summed E-state index contributed by atoms with van der Waals surface area (Å²) in [5, 5.41) is 19.1. The zero-order valence-electron chi connectivity index (χ0n) is 20.0. The molecule has 0 aliphatic carbocycles. The van der Waals surface area contributed by atoms with Crippen LogP contribution in [0.4, 0.5) is 0 Å². The highest BCUT2D eigenvalue weighted by Gasteiger charge is 2.41. The molecule has 1 fully saturated rings. The van der Waals surface area contributed by atoms with Gasteiger partial charge in [0.2, 0.25) is 10.0 Å². The number of nitrogens with zero attached hydrogens (tertiary/aromatic N) is 4. The van der Waals surface area contributed by atoms with Crippen molar-refractivity contribution in [2.45, 2.75) is 23.9 Å². The lowest BCUT2D eigenvalue weighted by atomic mass is 10.1. The monoisotopic (exact) mass is 542 g/mol. The van der Waals surface area contributed by atoms with Crippen LogP contribution >= 0.6 is 11.3 Å². The molecule has 1 saturated heterocycles. The number of amidine groups is 1. The number of hydrogen-bond acceptors (Lipinski definition) is 8. The molecule has 0 radical (unpaired) electrons. The van der Waals surface area contributed by atoms with Crippen molar-refractivity contribution in [1.29, 1.82) is 5.41 Å². The maximum atomic E-state index is 13.4. The van der Waals surface area contributed by atoms with E-state index in [-0.39, 0.29) is 35.4 Å². The Bertz CT molecular complexity index is 1540. The maximum Gasteiger partial charge on any atom is 0.327 e. The summed E-state index contributed by atoms with van der Waals surface area (Å²) < 4.78 is 28.0. The van der Waals surface area contributed by atoms with Crippen LogP contribution in [-0.4, -0.2) is 89.6 Å². The molecule has 2 aliphatic heterocycles. The first-order valence-corrected chi connectivity index (χ1v) is 13.9. The van der Waals surface area contributed by atoms with Crippen LogP contribution in [0.1, 0.15) is 25.9 Å². The molecule has 5 rings (SSSR count). The third-order valence-electron chi connectivity index (χ3n) is 6.75. The van der Waals surface area contributed by atoms with E-state index in [0.717, 1.165) is 33.2 Å². The first kappa shape index (κ1) is 25.3. The highest BCUT2D eigenvalue weighted by Crippen LogP contribution is 2.28. The number of amides is 1. The fourth-order valence-corrected chi connectivity index (χ4v) is 7.29. The van der Waals surface area contributed by atoms with Gasteiger partial charge in [-0.2, -0.15) is 4.31 Å². The molecule has 2 aromatic carbocycles. The lowest BCUT2D eigenvalue weighted by molar-refractivity contribution is -0.143. The van der Waals surface area contributed by atoms with Crippen LogP contribution in [0.15, 0.2) is 41.3 Å². The number of benzene rings is 2. The molecular weight excluding hydrogens is 516 g/mol. The number of sulfonamides is 1. The predicted molar refractivity (Wildman–Crippen MR) is 138 cm³/mol. The molecule has 3 heterocycles. The molecule has 13 heteroatoms. The molecule has 1 aromatic heterocycles. The van der Waals surface area contributed by atoms with E-state index in [1.165, 1.54) is 28.4 Å². The predicted octanol–water partition coefficient (Wildman–Crippen LogP) is 1.17. The second-order valence-corrected chi connectivity index (χ2v) is 12.3. The zero-order valence-corrected chi connectivity index (χ0v) is 21.7. The van der Waals surface area contributed by atoms with Gasteiger partial charge < -0.3 is 20.6 Å². The second-order valence-electron chi connectivity index (χ2n) is 9.23. The molecule has 2 aliphatic rings. The topological polar surface area (TPSA) is 161 Å². The van der Waals surface area contributed by atoms with E-state index in [0.29, 0.717) is 17.5 Å². The number of nitrogens with two attached hydrogens (primary N) is 1. The smallest absolute Gasteiger partial charge is 0.327 e. The standard InChI is InChI=1S/C24H26N6O5S2/c1-28-7-6-18-20(13-28)36-22(27-18)23(31)30-9-8-29(12-19(30)24(32)33)37(34,35)17-5-4-14-10-16(21(25)26)3-2-15(14)11-17/h2-5,10-11,19H,6-9,12-13H2,1H3,(H3,25,26)(H,32,33). The maximum absolute atomic E-state index is 13.4. The number of fused-ring (bicyclic) bond motifs is 2. The molecule has 37 heavy (non-hydrogen) atoms. The molecule has 194 valence electrons. The minimum atomic E-state index is -4.02. The Balaban J connectivity index is 1.38. The van der Waals surface area contributed by atoms with Crippen LogP contribution in [-0.2, 0) is 27.8 Å². The van der Waals surface area contributed by atoms with E-state index in [4.69, 9.17) is 11.1 Å². The largest absolute Gasteiger partial charge is 0.480 e. The second kappa shape index (κ2) is 9.49. The number of carbonyl (C=O) groups excluding carboxylic acids is 1. The van der Waals surface area contributed by atoms with E-state index in [9.17, 15) is 23.1 Å². The molecule has 0 spiro atoms. The number of hydrogen-bond donors (Lipinski definition) is 3. The first-order chi connectivity index (χ1) is 17.5. The Morgan fingerprint density at radius 3 is 2.59 bits per heavy atom. The summed E-state index contributed by atoms with van der Waals surface area (Å²) >= 11 is 1.27. The Hall–Kier alpha value is -3.39. The lowest BCUT2D eigenvalue weighted by Crippen LogP contribution is -2.59. The van der Waals surface area contributed by atoms with Gasteiger partial charge in [0, 0.05) is 49.6 Å². The van der Waals surface area contributed by atoms with E-state index in [2.05, 4.69) is 9.88 Å². The Morgan fingerprint density at radius 1 is 1.14 bits per heavy atom. The fourth-order valence-electron chi connectivity index (χ4n) is 4.67. The van der Waals surface area contributed by atoms with Gasteiger partial charge in [-0.3, -0.25) is 10.2 Å². The van der Waals surface area contributed by atoms with Gasteiger partial charge in [-0.25, -0.2) is 18.2 Å². The van der Waals surface area contributed by atoms with Gasteiger partial charge in [-0.15, -0.1) is 11.3 Å². The van der Waals surface area contributed by atoms with E-state index >= 15 is 0 Å². The number of carboxylic acid groups (broad SMARTS) is 1. The molecule has 1 unspecified atom stereocenters. The van der Waals surface area contributed by atoms with E-state index in [1.54, 1.807) is 24.3 Å². The van der Waals surface area contributed by atoms with Crippen LogP contribution in [0, 0.1) is 5.41 Å². The molecule has 1 atom stereocenters. The molecule has 11 nitrogen and oxygen atoms in total. The highest BCUT2D eigenvalue weighted by molar-refractivity contribution is 7.89. The summed E-state index contributed by atoms with van der Waals surface area (Å²) in [7, 11) is -2.03. The summed E-state index contributed by atoms with van der Waals surface area (Å²) in [4.78, 5) is 34.2. The average molecular weight is 543 g/mol. The Labute approximate surface area is 217 Å². The third kappa shape index (κ3) is 4.70. The lowest BCUT2D eigenvalue weighted by Gasteiger charge is -2.38. The van der Waals surface area contributed by atoms with Crippen molar-refractivity contribution in [2.75, 3.05) is 33.2 Å². The molecule has 1 amide bonds. The summed E-state index contributed by atoms with van der Waals surface area (Å²) in [6.45, 7) is 1.07. The van der Waals surface area contributed by atoms with Gasteiger partial charge in [0.1, 0.15) is 11.9 Å². The van der Waals surface area contributed by atoms with Crippen LogP contribution in [0.5, 0.6) is 0 Å². The number of thiazole rings is 1. The molecule has 0 saturated carbocycles. The van der Waals surface area contributed by atoms with Gasteiger partial charge >= 0.3 is 5.97 Å². The third-order valence-corrected chi connectivity index (χ3v) is 9.69. The number of piperazine rings is 1. The van der Waals surface area contributed by atoms with Gasteiger partial charge in [-0.05, 0) is 36.0 Å². The number of carboxylic acids is 1. The molecule has 0 bridgehead atoms. The van der Waals surface area contributed by atoms with Gasteiger partial charge in [0.15, 0.2) is 5.01 Å². The number of rotatable bonds is 5. The molecular formula is C24H26N6O5S2. The minimum absolute atomic E-state index is 0.0243. The zero-order chi connectivity index (χ0) is 26.5. The van der Waals surface area contributed by atoms with Crippen LogP contribution < -0.4 is 5.73 Å². The normalized spacial score (nSPS) is 19.1. The summed E-state index contributed by atoms with van der Waals surface area (Å²) in [6.07, 6.45) is 0.728. The Kier molecular flexibility index (Phi) is 6.48. The van der Waals surface area contributed by atoms with E-state index < -0.39 is 27.9 Å². The number of aliphatic carboxylic acids is 1. The van der Waals surface area contributed by atoms with Crippen molar-refractivity contribution >= 4 is 49.8 Å². The quantitative estimate of drug-likeness (QED) is 0.320. The number of aromatic nitrogens is 1. The fraction of sp³-hybridized carbons (Fsp3) is 0.333. The van der Waals surface area contributed by atoms with Crippen LogP contribution in [0.25, 0.3) is 10.8 Å². The van der Waals surface area contributed by atoms with Gasteiger partial charge in [0.05, 0.1) is 10.6 Å². The van der Waals surface area contributed by atoms with Crippen molar-refractivity contribution in [1.82, 2.24) is 19.1 Å². The van der Waals surface area contributed by atoms with Crippen molar-refractivity contribution in [2.24, 2.45) is 5.73 Å². The van der Waals surface area contributed by atoms with Crippen molar-refractivity contribution in [3.05, 3.63) is 57.5 Å². The number of carbonyl (C=O) groups is 2. The summed E-state index contributed by atoms with van der Waals surface area (Å²) in [6, 6.07) is 8.29. The van der Waals surface area contributed by atoms with E-state index in [1.807, 2.05) is 7.05 Å². The summed E-state index contributed by atoms with van der Waals surface area (Å²) in [5.41, 5.74) is 6.93. The van der Waals surface area contributed by atoms with Gasteiger partial charge in [-0.1, -0.05) is 18.2 Å². The SMILES string of the molecule is CN1CCc2nc(C(=O)N3CCN(S(=O)(=O)c4ccc5cc(C(=N)N)ccc5c4)CC3C(=O)O)sc2C1. The minimum Gasteiger partial charge on any atom is -0.480 e. The van der Waals surface area contributed by atoms with Crippen LogP contribution in [0.2, 0.25) is 0 Å². The van der Waals surface area contributed by atoms with Crippen molar-refractivity contribution in [3.63, 3.8) is 0 Å². The van der Waals surface area contributed by atoms with Crippen molar-refractivity contribution in [3.8, 4) is 0 Å².